The molecule has 2 unspecified atom stereocenters. The van der Waals surface area contributed by atoms with E-state index in [1.165, 1.54) is 6.07 Å². The summed E-state index contributed by atoms with van der Waals surface area (Å²) in [7, 11) is 0. The van der Waals surface area contributed by atoms with Crippen molar-refractivity contribution < 1.29 is 9.13 Å². The number of anilines is 1. The average molecular weight is 357 g/mol. The van der Waals surface area contributed by atoms with Gasteiger partial charge in [0.1, 0.15) is 17.7 Å². The van der Waals surface area contributed by atoms with Gasteiger partial charge in [-0.25, -0.2) is 4.39 Å². The summed E-state index contributed by atoms with van der Waals surface area (Å²) in [6.07, 6.45) is -0.180. The van der Waals surface area contributed by atoms with Crippen molar-refractivity contribution in [2.45, 2.75) is 19.1 Å². The van der Waals surface area contributed by atoms with Gasteiger partial charge < -0.3 is 10.1 Å². The lowest BCUT2D eigenvalue weighted by atomic mass is 10.0. The molecular formula is C15H12BrClFNO. The van der Waals surface area contributed by atoms with Gasteiger partial charge in [-0.15, -0.1) is 0 Å². The van der Waals surface area contributed by atoms with Gasteiger partial charge in [0.2, 0.25) is 0 Å². The van der Waals surface area contributed by atoms with Gasteiger partial charge in [0.25, 0.3) is 0 Å². The summed E-state index contributed by atoms with van der Waals surface area (Å²) >= 11 is 9.24. The molecule has 0 bridgehead atoms. The average Bonchev–Trinajstić information content (AvgIpc) is 2.40. The molecule has 0 saturated heterocycles. The highest BCUT2D eigenvalue weighted by Crippen LogP contribution is 2.40. The van der Waals surface area contributed by atoms with E-state index in [0.29, 0.717) is 5.75 Å². The summed E-state index contributed by atoms with van der Waals surface area (Å²) < 4.78 is 20.5. The van der Waals surface area contributed by atoms with Gasteiger partial charge in [0, 0.05) is 10.5 Å². The lowest BCUT2D eigenvalue weighted by Gasteiger charge is -2.33. The van der Waals surface area contributed by atoms with Crippen LogP contribution in [0.15, 0.2) is 40.9 Å². The van der Waals surface area contributed by atoms with Gasteiger partial charge in [-0.2, -0.15) is 0 Å². The summed E-state index contributed by atoms with van der Waals surface area (Å²) in [5.41, 5.74) is 1.75. The van der Waals surface area contributed by atoms with Gasteiger partial charge in [0.15, 0.2) is 0 Å². The number of fused-ring (bicyclic) bond motifs is 1. The molecule has 0 saturated carbocycles. The summed E-state index contributed by atoms with van der Waals surface area (Å²) in [5, 5.41) is 3.40. The second kappa shape index (κ2) is 5.26. The van der Waals surface area contributed by atoms with E-state index in [2.05, 4.69) is 21.2 Å². The number of halogens is 3. The maximum Gasteiger partial charge on any atom is 0.146 e. The smallest absolute Gasteiger partial charge is 0.146 e. The van der Waals surface area contributed by atoms with Crippen molar-refractivity contribution in [1.82, 2.24) is 0 Å². The number of hydrogen-bond acceptors (Lipinski definition) is 2. The number of nitrogens with one attached hydrogen (secondary N) is 1. The highest BCUT2D eigenvalue weighted by atomic mass is 79.9. The molecule has 0 fully saturated rings. The van der Waals surface area contributed by atoms with Crippen LogP contribution in [-0.4, -0.2) is 6.04 Å². The minimum atomic E-state index is -0.477. The Morgan fingerprint density at radius 2 is 2.10 bits per heavy atom. The number of rotatable bonds is 1. The summed E-state index contributed by atoms with van der Waals surface area (Å²) in [4.78, 5) is 0. The molecular weight excluding hydrogens is 345 g/mol. The monoisotopic (exact) mass is 355 g/mol. The first-order chi connectivity index (χ1) is 9.54. The van der Waals surface area contributed by atoms with E-state index < -0.39 is 5.82 Å². The zero-order valence-corrected chi connectivity index (χ0v) is 13.0. The first-order valence-corrected chi connectivity index (χ1v) is 7.39. The molecule has 2 nitrogen and oxygen atoms in total. The van der Waals surface area contributed by atoms with E-state index in [-0.39, 0.29) is 17.2 Å². The van der Waals surface area contributed by atoms with Crippen molar-refractivity contribution in [1.29, 1.82) is 0 Å². The van der Waals surface area contributed by atoms with E-state index in [1.54, 1.807) is 6.07 Å². The SMILES string of the molecule is CC1Nc2cc(Cl)c(F)cc2OC1c1cccc(Br)c1. The molecule has 20 heavy (non-hydrogen) atoms. The Balaban J connectivity index is 1.98. The second-order valence-corrected chi connectivity index (χ2v) is 6.11. The van der Waals surface area contributed by atoms with Gasteiger partial charge in [-0.05, 0) is 30.7 Å². The van der Waals surface area contributed by atoms with Crippen molar-refractivity contribution in [3.63, 3.8) is 0 Å². The van der Waals surface area contributed by atoms with Crippen molar-refractivity contribution in [3.8, 4) is 5.75 Å². The predicted octanol–water partition coefficient (Wildman–Crippen LogP) is 5.18. The molecule has 2 atom stereocenters. The molecule has 5 heteroatoms. The normalized spacial score (nSPS) is 20.8. The third kappa shape index (κ3) is 2.50. The molecule has 1 aliphatic rings. The Morgan fingerprint density at radius 1 is 1.30 bits per heavy atom. The zero-order chi connectivity index (χ0) is 14.3. The molecule has 104 valence electrons. The third-order valence-corrected chi connectivity index (χ3v) is 4.07. The summed E-state index contributed by atoms with van der Waals surface area (Å²) in [6, 6.07) is 10.8. The Morgan fingerprint density at radius 3 is 2.85 bits per heavy atom. The van der Waals surface area contributed by atoms with Crippen LogP contribution in [0.3, 0.4) is 0 Å². The van der Waals surface area contributed by atoms with E-state index in [1.807, 2.05) is 31.2 Å². The van der Waals surface area contributed by atoms with Crippen LogP contribution in [0.2, 0.25) is 5.02 Å². The largest absolute Gasteiger partial charge is 0.481 e. The van der Waals surface area contributed by atoms with Crippen LogP contribution in [0.25, 0.3) is 0 Å². The molecule has 1 heterocycles. The fraction of sp³-hybridized carbons (Fsp3) is 0.200. The Bertz CT molecular complexity index is 664. The minimum Gasteiger partial charge on any atom is -0.481 e. The molecule has 3 rings (SSSR count). The molecule has 2 aromatic rings. The number of ether oxygens (including phenoxy) is 1. The van der Waals surface area contributed by atoms with Gasteiger partial charge in [0.05, 0.1) is 16.8 Å². The highest BCUT2D eigenvalue weighted by Gasteiger charge is 2.28. The van der Waals surface area contributed by atoms with Gasteiger partial charge >= 0.3 is 0 Å². The first-order valence-electron chi connectivity index (χ1n) is 6.22. The van der Waals surface area contributed by atoms with Crippen LogP contribution in [0, 0.1) is 5.82 Å². The van der Waals surface area contributed by atoms with Crippen LogP contribution in [-0.2, 0) is 0 Å². The number of benzene rings is 2. The van der Waals surface area contributed by atoms with Crippen LogP contribution in [0.1, 0.15) is 18.6 Å². The Kier molecular flexibility index (Phi) is 3.61. The lowest BCUT2D eigenvalue weighted by molar-refractivity contribution is 0.177. The second-order valence-electron chi connectivity index (χ2n) is 4.79. The predicted molar refractivity (Wildman–Crippen MR) is 82.0 cm³/mol. The van der Waals surface area contributed by atoms with E-state index in [9.17, 15) is 4.39 Å². The standard InChI is InChI=1S/C15H12BrClFNO/c1-8-15(9-3-2-4-10(16)5-9)20-14-7-12(18)11(17)6-13(14)19-8/h2-8,15,19H,1H3. The van der Waals surface area contributed by atoms with Crippen LogP contribution in [0.4, 0.5) is 10.1 Å². The summed E-state index contributed by atoms with van der Waals surface area (Å²) in [6.45, 7) is 2.02. The maximum absolute atomic E-state index is 13.6. The molecule has 1 N–H and O–H groups in total. The quantitative estimate of drug-likeness (QED) is 0.760. The van der Waals surface area contributed by atoms with Crippen LogP contribution >= 0.6 is 27.5 Å². The van der Waals surface area contributed by atoms with Gasteiger partial charge in [-0.3, -0.25) is 0 Å². The van der Waals surface area contributed by atoms with Crippen molar-refractivity contribution in [2.75, 3.05) is 5.32 Å². The minimum absolute atomic E-state index is 0.0540. The maximum atomic E-state index is 13.6. The third-order valence-electron chi connectivity index (χ3n) is 3.29. The molecule has 0 radical (unpaired) electrons. The van der Waals surface area contributed by atoms with Crippen LogP contribution < -0.4 is 10.1 Å². The van der Waals surface area contributed by atoms with Crippen molar-refractivity contribution in [3.05, 3.63) is 57.3 Å². The molecule has 0 amide bonds. The number of hydrogen-bond donors (Lipinski definition) is 1. The van der Waals surface area contributed by atoms with Crippen molar-refractivity contribution >= 4 is 33.2 Å². The van der Waals surface area contributed by atoms with Gasteiger partial charge in [-0.1, -0.05) is 39.7 Å². The van der Waals surface area contributed by atoms with Crippen molar-refractivity contribution in [2.24, 2.45) is 0 Å². The molecule has 2 aromatic carbocycles. The highest BCUT2D eigenvalue weighted by molar-refractivity contribution is 9.10. The Labute approximate surface area is 130 Å². The lowest BCUT2D eigenvalue weighted by Crippen LogP contribution is -2.32. The molecule has 0 spiro atoms. The van der Waals surface area contributed by atoms with Crippen LogP contribution in [0.5, 0.6) is 5.75 Å². The topological polar surface area (TPSA) is 21.3 Å². The fourth-order valence-electron chi connectivity index (χ4n) is 2.34. The summed E-state index contributed by atoms with van der Waals surface area (Å²) in [5.74, 6) is 0.00439. The van der Waals surface area contributed by atoms with E-state index in [4.69, 9.17) is 16.3 Å². The zero-order valence-electron chi connectivity index (χ0n) is 10.7. The molecule has 0 aromatic heterocycles. The van der Waals surface area contributed by atoms with E-state index in [0.717, 1.165) is 15.7 Å². The molecule has 1 aliphatic heterocycles. The fourth-order valence-corrected chi connectivity index (χ4v) is 2.92. The van der Waals surface area contributed by atoms with E-state index >= 15 is 0 Å². The molecule has 0 aliphatic carbocycles. The first kappa shape index (κ1) is 13.7. The Hall–Kier alpha value is -1.26.